The lowest BCUT2D eigenvalue weighted by molar-refractivity contribution is 0.366. The molecule has 0 amide bonds. The zero-order valence-corrected chi connectivity index (χ0v) is 20.5. The van der Waals surface area contributed by atoms with Gasteiger partial charge in [0.2, 0.25) is 0 Å². The highest BCUT2D eigenvalue weighted by Gasteiger charge is 2.36. The van der Waals surface area contributed by atoms with Crippen molar-refractivity contribution in [2.45, 2.75) is 96.2 Å². The predicted molar refractivity (Wildman–Crippen MR) is 138 cm³/mol. The summed E-state index contributed by atoms with van der Waals surface area (Å²) in [6, 6.07) is 1.71. The number of piperidine rings is 1. The minimum Gasteiger partial charge on any atom is -0.346 e. The first-order valence-electron chi connectivity index (χ1n) is 12.4. The van der Waals surface area contributed by atoms with E-state index in [1.54, 1.807) is 11.2 Å². The van der Waals surface area contributed by atoms with Gasteiger partial charge < -0.3 is 10.3 Å². The highest BCUT2D eigenvalue weighted by Crippen LogP contribution is 2.47. The lowest BCUT2D eigenvalue weighted by atomic mass is 9.87. The Balaban J connectivity index is 1.42. The van der Waals surface area contributed by atoms with Crippen molar-refractivity contribution in [1.82, 2.24) is 10.3 Å². The summed E-state index contributed by atoms with van der Waals surface area (Å²) in [6.45, 7) is 9.26. The Labute approximate surface area is 195 Å². The van der Waals surface area contributed by atoms with Crippen LogP contribution in [0.1, 0.15) is 92.8 Å². The topological polar surface area (TPSA) is 52.5 Å². The van der Waals surface area contributed by atoms with Gasteiger partial charge in [-0.2, -0.15) is 0 Å². The minimum atomic E-state index is 0.242. The molecule has 2 aromatic heterocycles. The van der Waals surface area contributed by atoms with E-state index < -0.39 is 0 Å². The number of rotatable bonds is 3. The molecule has 5 heterocycles. The molecule has 6 rings (SSSR count). The van der Waals surface area contributed by atoms with Gasteiger partial charge in [0.1, 0.15) is 11.2 Å². The van der Waals surface area contributed by atoms with Crippen LogP contribution in [0.3, 0.4) is 0 Å². The van der Waals surface area contributed by atoms with E-state index in [9.17, 15) is 0 Å². The number of allylic oxidation sites excluding steroid dienone is 3. The second-order valence-corrected chi connectivity index (χ2v) is 11.6. The van der Waals surface area contributed by atoms with Crippen LogP contribution in [0.2, 0.25) is 0 Å². The van der Waals surface area contributed by atoms with E-state index in [0.29, 0.717) is 5.92 Å². The minimum absolute atomic E-state index is 0.242. The van der Waals surface area contributed by atoms with Crippen molar-refractivity contribution < 1.29 is 0 Å². The second kappa shape index (κ2) is 7.81. The Kier molecular flexibility index (Phi) is 5.03. The summed E-state index contributed by atoms with van der Waals surface area (Å²) in [5.41, 5.74) is 8.06. The van der Waals surface area contributed by atoms with Crippen molar-refractivity contribution in [1.29, 1.82) is 0 Å². The maximum Gasteiger partial charge on any atom is 0.111 e. The molecule has 3 unspecified atom stereocenters. The van der Waals surface area contributed by atoms with Crippen LogP contribution in [0.15, 0.2) is 27.7 Å². The summed E-state index contributed by atoms with van der Waals surface area (Å²) >= 11 is 2.03. The average molecular weight is 447 g/mol. The first-order chi connectivity index (χ1) is 15.5. The van der Waals surface area contributed by atoms with Crippen molar-refractivity contribution in [2.24, 2.45) is 9.98 Å². The van der Waals surface area contributed by atoms with Gasteiger partial charge in [-0.15, -0.1) is 11.3 Å². The van der Waals surface area contributed by atoms with Crippen LogP contribution in [0, 0.1) is 6.92 Å². The third kappa shape index (κ3) is 3.28. The summed E-state index contributed by atoms with van der Waals surface area (Å²) in [4.78, 5) is 16.0. The van der Waals surface area contributed by atoms with E-state index >= 15 is 0 Å². The van der Waals surface area contributed by atoms with Crippen molar-refractivity contribution in [3.63, 3.8) is 0 Å². The van der Waals surface area contributed by atoms with Gasteiger partial charge >= 0.3 is 0 Å². The zero-order valence-electron chi connectivity index (χ0n) is 19.7. The average Bonchev–Trinajstić information content (AvgIpc) is 3.50. The van der Waals surface area contributed by atoms with Gasteiger partial charge in [-0.3, -0.25) is 4.99 Å². The molecule has 2 aromatic rings. The number of hydrogen-bond acceptors (Lipinski definition) is 4. The molecule has 2 fully saturated rings. The summed E-state index contributed by atoms with van der Waals surface area (Å²) in [5.74, 6) is 1.20. The molecule has 0 saturated carbocycles. The molecule has 2 bridgehead atoms. The van der Waals surface area contributed by atoms with Gasteiger partial charge in [-0.25, -0.2) is 4.99 Å². The third-order valence-electron chi connectivity index (χ3n) is 8.01. The van der Waals surface area contributed by atoms with Crippen LogP contribution in [0.5, 0.6) is 0 Å². The fourth-order valence-corrected chi connectivity index (χ4v) is 7.91. The molecule has 0 radical (unpaired) electrons. The predicted octanol–water partition coefficient (Wildman–Crippen LogP) is 6.63. The van der Waals surface area contributed by atoms with Gasteiger partial charge in [0.05, 0.1) is 17.4 Å². The van der Waals surface area contributed by atoms with E-state index in [0.717, 1.165) is 36.6 Å². The Morgan fingerprint density at radius 2 is 1.88 bits per heavy atom. The summed E-state index contributed by atoms with van der Waals surface area (Å²) in [7, 11) is 0. The quantitative estimate of drug-likeness (QED) is 0.546. The van der Waals surface area contributed by atoms with Crippen LogP contribution in [-0.2, 0) is 0 Å². The lowest BCUT2D eigenvalue weighted by Crippen LogP contribution is -2.37. The number of aryl methyl sites for hydroxylation is 1. The molecule has 0 spiro atoms. The number of nitrogens with zero attached hydrogens (tertiary/aromatic N) is 2. The maximum atomic E-state index is 4.57. The first-order valence-corrected chi connectivity index (χ1v) is 13.2. The molecule has 4 aliphatic rings. The Morgan fingerprint density at radius 1 is 1.09 bits per heavy atom. The van der Waals surface area contributed by atoms with Gasteiger partial charge in [0.15, 0.2) is 0 Å². The van der Waals surface area contributed by atoms with E-state index in [2.05, 4.69) is 60.1 Å². The lowest BCUT2D eigenvalue weighted by Gasteiger charge is -2.29. The molecular formula is C27H34N4S. The number of aromatic amines is 1. The smallest absolute Gasteiger partial charge is 0.111 e. The molecule has 0 aromatic carbocycles. The van der Waals surface area contributed by atoms with Gasteiger partial charge in [-0.1, -0.05) is 19.9 Å². The molecule has 1 aliphatic carbocycles. The maximum absolute atomic E-state index is 4.57. The van der Waals surface area contributed by atoms with E-state index in [1.807, 2.05) is 11.3 Å². The fraction of sp³-hybridized carbons (Fsp3) is 0.556. The molecule has 4 nitrogen and oxygen atoms in total. The van der Waals surface area contributed by atoms with Crippen LogP contribution in [0.4, 0.5) is 0 Å². The number of nitrogens with one attached hydrogen (secondary N) is 2. The Bertz CT molecular complexity index is 1180. The van der Waals surface area contributed by atoms with Gasteiger partial charge in [-0.05, 0) is 92.6 Å². The van der Waals surface area contributed by atoms with Gasteiger partial charge in [0.25, 0.3) is 0 Å². The molecule has 2 N–H and O–H groups in total. The molecule has 3 aliphatic heterocycles. The molecule has 5 heteroatoms. The van der Waals surface area contributed by atoms with E-state index in [4.69, 9.17) is 0 Å². The van der Waals surface area contributed by atoms with Crippen molar-refractivity contribution in [3.8, 4) is 0 Å². The molecular weight excluding hydrogens is 412 g/mol. The Hall–Kier alpha value is -1.98. The van der Waals surface area contributed by atoms with Gasteiger partial charge in [0, 0.05) is 22.3 Å². The molecule has 32 heavy (non-hydrogen) atoms. The largest absolute Gasteiger partial charge is 0.346 e. The first kappa shape index (κ1) is 20.6. The number of thiophene rings is 1. The number of aromatic nitrogens is 1. The third-order valence-corrected chi connectivity index (χ3v) is 9.38. The normalized spacial score (nSPS) is 33.0. The van der Waals surface area contributed by atoms with Crippen LogP contribution >= 0.6 is 11.3 Å². The second-order valence-electron chi connectivity index (χ2n) is 10.5. The number of H-pyrrole nitrogens is 1. The van der Waals surface area contributed by atoms with Crippen molar-refractivity contribution in [3.05, 3.63) is 39.4 Å². The molecule has 3 atom stereocenters. The standard InChI is InChI=1S/C27H34N4S/c1-14(2)22-23-16(4)26(18-11-19-8-9-20(12-18)30-19)32-27(23)31-25(22)17-6-5-7-21-24(15(3)10-17)29-13-28-21/h6,10,13-14,18-21,30-31H,5,7-9,11-12H2,1-4H3/b15-10-,17-6+. The van der Waals surface area contributed by atoms with E-state index in [1.165, 1.54) is 63.9 Å². The monoisotopic (exact) mass is 446 g/mol. The van der Waals surface area contributed by atoms with Crippen LogP contribution < -0.4 is 5.32 Å². The Morgan fingerprint density at radius 3 is 2.62 bits per heavy atom. The summed E-state index contributed by atoms with van der Waals surface area (Å²) in [5, 5.41) is 5.31. The molecule has 168 valence electrons. The van der Waals surface area contributed by atoms with Crippen LogP contribution in [0.25, 0.3) is 15.8 Å². The van der Waals surface area contributed by atoms with E-state index in [-0.39, 0.29) is 6.04 Å². The summed E-state index contributed by atoms with van der Waals surface area (Å²) in [6.07, 6.45) is 13.9. The van der Waals surface area contributed by atoms with Crippen LogP contribution in [-0.4, -0.2) is 35.2 Å². The number of fused-ring (bicyclic) bond motifs is 4. The summed E-state index contributed by atoms with van der Waals surface area (Å²) < 4.78 is 0. The van der Waals surface area contributed by atoms with Crippen molar-refractivity contribution >= 4 is 39.2 Å². The SMILES string of the molecule is C/C1=C/C(c2[nH]c3sc(C4CC5CCC(C4)N5)c(C)c3c2C(C)C)=C\CCC2N=CN=C12. The van der Waals surface area contributed by atoms with Crippen molar-refractivity contribution in [2.75, 3.05) is 0 Å². The molecule has 2 saturated heterocycles. The highest BCUT2D eigenvalue weighted by atomic mass is 32.1. The number of hydrogen-bond donors (Lipinski definition) is 2. The number of aliphatic imine (C=N–C) groups is 2. The highest BCUT2D eigenvalue weighted by molar-refractivity contribution is 7.19. The fourth-order valence-electron chi connectivity index (χ4n) is 6.56. The zero-order chi connectivity index (χ0) is 22.0.